The van der Waals surface area contributed by atoms with Crippen LogP contribution in [0, 0.1) is 6.92 Å². The molecule has 0 radical (unpaired) electrons. The summed E-state index contributed by atoms with van der Waals surface area (Å²) in [6, 6.07) is -0.275. The average Bonchev–Trinajstić information content (AvgIpc) is 3.25. The number of imidazole rings is 1. The van der Waals surface area contributed by atoms with E-state index in [1.165, 1.54) is 6.33 Å². The molecule has 0 saturated carbocycles. The van der Waals surface area contributed by atoms with Crippen molar-refractivity contribution >= 4 is 22.9 Å². The smallest absolute Gasteiger partial charge is 0.245 e. The van der Waals surface area contributed by atoms with E-state index in [9.17, 15) is 4.79 Å². The lowest BCUT2D eigenvalue weighted by atomic mass is 10.2. The van der Waals surface area contributed by atoms with E-state index in [-0.39, 0.29) is 11.9 Å². The molecule has 1 atom stereocenters. The van der Waals surface area contributed by atoms with Gasteiger partial charge in [0.05, 0.1) is 5.56 Å². The molecule has 1 fully saturated rings. The summed E-state index contributed by atoms with van der Waals surface area (Å²) >= 11 is 0. The molecule has 28 heavy (non-hydrogen) atoms. The number of amides is 1. The van der Waals surface area contributed by atoms with Crippen LogP contribution in [-0.2, 0) is 11.3 Å². The van der Waals surface area contributed by atoms with Crippen LogP contribution in [-0.4, -0.2) is 59.4 Å². The fourth-order valence-electron chi connectivity index (χ4n) is 3.60. The fraction of sp³-hybridized carbons (Fsp3) is 0.474. The molecule has 1 amide bonds. The van der Waals surface area contributed by atoms with Crippen LogP contribution in [0.5, 0.6) is 0 Å². The second-order valence-electron chi connectivity index (χ2n) is 6.90. The highest BCUT2D eigenvalue weighted by Crippen LogP contribution is 2.27. The minimum Gasteiger partial charge on any atom is -0.356 e. The van der Waals surface area contributed by atoms with Crippen LogP contribution >= 0.6 is 0 Å². The van der Waals surface area contributed by atoms with E-state index in [4.69, 9.17) is 4.98 Å². The normalized spacial score (nSPS) is 16.9. The van der Waals surface area contributed by atoms with Gasteiger partial charge >= 0.3 is 0 Å². The number of hydrogen-bond donors (Lipinski definition) is 1. The first kappa shape index (κ1) is 18.3. The number of nitrogens with one attached hydrogen (secondary N) is 1. The van der Waals surface area contributed by atoms with E-state index in [1.807, 2.05) is 23.3 Å². The van der Waals surface area contributed by atoms with Crippen LogP contribution in [0.4, 0.5) is 5.82 Å². The summed E-state index contributed by atoms with van der Waals surface area (Å²) in [7, 11) is 0. The predicted octanol–water partition coefficient (Wildman–Crippen LogP) is 2.03. The number of likely N-dealkylation sites (tertiary alicyclic amines) is 1. The molecule has 0 spiro atoms. The molecule has 1 aliphatic rings. The Kier molecular flexibility index (Phi) is 4.89. The number of aryl methyl sites for hydroxylation is 2. The second kappa shape index (κ2) is 7.49. The maximum absolute atomic E-state index is 12.6. The monoisotopic (exact) mass is 380 g/mol. The third kappa shape index (κ3) is 3.17. The van der Waals surface area contributed by atoms with Crippen LogP contribution in [0.2, 0.25) is 0 Å². The van der Waals surface area contributed by atoms with E-state index >= 15 is 0 Å². The molecule has 4 heterocycles. The highest BCUT2D eigenvalue weighted by molar-refractivity contribution is 5.91. The number of anilines is 1. The van der Waals surface area contributed by atoms with Crippen molar-refractivity contribution < 1.29 is 4.79 Å². The van der Waals surface area contributed by atoms with E-state index in [0.29, 0.717) is 23.7 Å². The third-order valence-electron chi connectivity index (χ3n) is 4.99. The summed E-state index contributed by atoms with van der Waals surface area (Å²) in [4.78, 5) is 36.6. The number of fused-ring (bicyclic) bond motifs is 1. The molecule has 0 aromatic carbocycles. The Bertz CT molecular complexity index is 997. The Hall–Kier alpha value is -3.10. The number of rotatable bonds is 6. The Morgan fingerprint density at radius 2 is 1.96 bits per heavy atom. The molecular weight excluding hydrogens is 356 g/mol. The molecule has 9 heteroatoms. The van der Waals surface area contributed by atoms with Crippen molar-refractivity contribution in [3.63, 3.8) is 0 Å². The molecule has 3 aromatic rings. The average molecular weight is 380 g/mol. The lowest BCUT2D eigenvalue weighted by Crippen LogP contribution is -2.34. The molecular formula is C19H24N8O. The van der Waals surface area contributed by atoms with Crippen molar-refractivity contribution in [2.45, 2.75) is 46.2 Å². The van der Waals surface area contributed by atoms with Crippen LogP contribution in [0.25, 0.3) is 22.6 Å². The van der Waals surface area contributed by atoms with Crippen molar-refractivity contribution in [2.24, 2.45) is 0 Å². The zero-order valence-electron chi connectivity index (χ0n) is 16.4. The molecule has 0 bridgehead atoms. The highest BCUT2D eigenvalue weighted by Gasteiger charge is 2.32. The lowest BCUT2D eigenvalue weighted by molar-refractivity contribution is -0.128. The number of nitrogens with zero attached hydrogens (tertiary/aromatic N) is 7. The van der Waals surface area contributed by atoms with Gasteiger partial charge in [0, 0.05) is 32.0 Å². The molecule has 4 rings (SSSR count). The van der Waals surface area contributed by atoms with Gasteiger partial charge in [-0.25, -0.2) is 24.9 Å². The number of aromatic nitrogens is 6. The number of carbonyl (C=O) groups excluding carboxylic acids is 1. The summed E-state index contributed by atoms with van der Waals surface area (Å²) in [5.41, 5.74) is 2.20. The zero-order valence-corrected chi connectivity index (χ0v) is 16.4. The Morgan fingerprint density at radius 3 is 2.68 bits per heavy atom. The Morgan fingerprint density at radius 1 is 1.18 bits per heavy atom. The van der Waals surface area contributed by atoms with Crippen LogP contribution < -0.4 is 5.32 Å². The molecule has 3 aromatic heterocycles. The van der Waals surface area contributed by atoms with Gasteiger partial charge in [-0.05, 0) is 26.7 Å². The first-order valence-electron chi connectivity index (χ1n) is 9.68. The van der Waals surface area contributed by atoms with Crippen molar-refractivity contribution in [3.8, 4) is 11.4 Å². The van der Waals surface area contributed by atoms with Crippen LogP contribution in [0.3, 0.4) is 0 Å². The number of carbonyl (C=O) groups is 1. The van der Waals surface area contributed by atoms with Crippen molar-refractivity contribution in [2.75, 3.05) is 18.4 Å². The van der Waals surface area contributed by atoms with E-state index < -0.39 is 0 Å². The predicted molar refractivity (Wildman–Crippen MR) is 106 cm³/mol. The molecule has 1 unspecified atom stereocenters. The van der Waals surface area contributed by atoms with Crippen molar-refractivity contribution in [3.05, 3.63) is 24.5 Å². The van der Waals surface area contributed by atoms with Gasteiger partial charge in [-0.15, -0.1) is 0 Å². The van der Waals surface area contributed by atoms with Crippen molar-refractivity contribution in [1.29, 1.82) is 0 Å². The summed E-state index contributed by atoms with van der Waals surface area (Å²) in [6.45, 7) is 8.23. The van der Waals surface area contributed by atoms with Gasteiger partial charge in [-0.3, -0.25) is 4.79 Å². The second-order valence-corrected chi connectivity index (χ2v) is 6.90. The Labute approximate surface area is 163 Å². The topological polar surface area (TPSA) is 102 Å². The summed E-state index contributed by atoms with van der Waals surface area (Å²) in [5.74, 6) is 2.16. The van der Waals surface area contributed by atoms with Gasteiger partial charge in [0.1, 0.15) is 24.0 Å². The van der Waals surface area contributed by atoms with Crippen LogP contribution in [0.15, 0.2) is 18.7 Å². The van der Waals surface area contributed by atoms with Gasteiger partial charge in [0.2, 0.25) is 5.91 Å². The first-order valence-corrected chi connectivity index (χ1v) is 9.68. The van der Waals surface area contributed by atoms with E-state index in [0.717, 1.165) is 43.0 Å². The minimum atomic E-state index is -0.275. The van der Waals surface area contributed by atoms with E-state index in [1.54, 1.807) is 12.4 Å². The lowest BCUT2D eigenvalue weighted by Gasteiger charge is -2.16. The Balaban J connectivity index is 1.71. The van der Waals surface area contributed by atoms with Gasteiger partial charge in [0.25, 0.3) is 0 Å². The molecule has 1 N–H and O–H groups in total. The van der Waals surface area contributed by atoms with Gasteiger partial charge < -0.3 is 14.8 Å². The van der Waals surface area contributed by atoms with Gasteiger partial charge in [-0.2, -0.15) is 0 Å². The molecule has 1 saturated heterocycles. The van der Waals surface area contributed by atoms with Crippen LogP contribution in [0.1, 0.15) is 32.5 Å². The fourth-order valence-corrected chi connectivity index (χ4v) is 3.60. The summed E-state index contributed by atoms with van der Waals surface area (Å²) in [6.07, 6.45) is 6.76. The largest absolute Gasteiger partial charge is 0.356 e. The highest BCUT2D eigenvalue weighted by atomic mass is 16.2. The van der Waals surface area contributed by atoms with Crippen molar-refractivity contribution in [1.82, 2.24) is 34.4 Å². The third-order valence-corrected chi connectivity index (χ3v) is 4.99. The molecule has 146 valence electrons. The van der Waals surface area contributed by atoms with E-state index in [2.05, 4.69) is 32.2 Å². The molecule has 0 aliphatic carbocycles. The quantitative estimate of drug-likeness (QED) is 0.698. The minimum absolute atomic E-state index is 0.121. The summed E-state index contributed by atoms with van der Waals surface area (Å²) in [5, 5.41) is 3.30. The number of hydrogen-bond acceptors (Lipinski definition) is 7. The van der Waals surface area contributed by atoms with Gasteiger partial charge in [-0.1, -0.05) is 6.92 Å². The zero-order chi connectivity index (χ0) is 19.7. The standard InChI is InChI=1S/C19H24N8O/c1-4-7-26-8-6-14(19(26)28)24-16-15-18(23-11-22-16)27(5-2)17(25-15)13-9-20-12(3)21-10-13/h9-11,14H,4-8H2,1-3H3,(H,22,23,24). The SMILES string of the molecule is CCCN1CCC(Nc2ncnc3c2nc(-c2cnc(C)nc2)n3CC)C1=O. The maximum Gasteiger partial charge on any atom is 0.245 e. The maximum atomic E-state index is 12.6. The molecule has 9 nitrogen and oxygen atoms in total. The molecule has 1 aliphatic heterocycles. The summed E-state index contributed by atoms with van der Waals surface area (Å²) < 4.78 is 2.01. The first-order chi connectivity index (χ1) is 13.6. The van der Waals surface area contributed by atoms with Gasteiger partial charge in [0.15, 0.2) is 17.0 Å².